The number of aromatic nitrogens is 1. The Bertz CT molecular complexity index is 1430. The molecule has 6 nitrogen and oxygen atoms in total. The molecule has 0 saturated carbocycles. The van der Waals surface area contributed by atoms with Gasteiger partial charge < -0.3 is 4.74 Å². The lowest BCUT2D eigenvalue weighted by Crippen LogP contribution is -2.13. The summed E-state index contributed by atoms with van der Waals surface area (Å²) in [4.78, 5) is 8.95. The van der Waals surface area contributed by atoms with Crippen LogP contribution in [0.5, 0.6) is 5.75 Å². The van der Waals surface area contributed by atoms with Crippen molar-refractivity contribution in [2.45, 2.75) is 4.90 Å². The van der Waals surface area contributed by atoms with Crippen LogP contribution in [0.4, 0.5) is 10.8 Å². The molecule has 0 aliphatic carbocycles. The van der Waals surface area contributed by atoms with Gasteiger partial charge >= 0.3 is 0 Å². The molecule has 0 saturated heterocycles. The molecule has 1 N–H and O–H groups in total. The maximum absolute atomic E-state index is 12.7. The third kappa shape index (κ3) is 5.91. The number of sulfonamides is 1. The fourth-order valence-corrected chi connectivity index (χ4v) is 4.96. The monoisotopic (exact) mass is 509 g/mol. The first kappa shape index (κ1) is 23.7. The van der Waals surface area contributed by atoms with Gasteiger partial charge in [-0.15, -0.1) is 11.3 Å². The summed E-state index contributed by atoms with van der Waals surface area (Å²) < 4.78 is 33.1. The number of aliphatic imine (C=N–C) groups is 1. The SMILES string of the molecule is COc1cc(S(=O)(=O)Nc2ccc(-c3csc(N=C/C=C/c4ccccc4)n3)cc2)ccc1Cl. The van der Waals surface area contributed by atoms with Gasteiger partial charge in [0.25, 0.3) is 10.0 Å². The zero-order valence-electron chi connectivity index (χ0n) is 18.1. The minimum atomic E-state index is -3.80. The number of ether oxygens (including phenoxy) is 1. The quantitative estimate of drug-likeness (QED) is 0.268. The number of nitrogens with one attached hydrogen (secondary N) is 1. The van der Waals surface area contributed by atoms with Crippen molar-refractivity contribution in [3.05, 3.63) is 94.8 Å². The Morgan fingerprint density at radius 2 is 1.82 bits per heavy atom. The maximum atomic E-state index is 12.7. The molecule has 34 heavy (non-hydrogen) atoms. The van der Waals surface area contributed by atoms with E-state index in [1.165, 1.54) is 36.6 Å². The molecule has 4 rings (SSSR count). The number of hydrogen-bond donors (Lipinski definition) is 1. The molecule has 0 aliphatic rings. The summed E-state index contributed by atoms with van der Waals surface area (Å²) in [5.41, 5.74) is 3.14. The summed E-state index contributed by atoms with van der Waals surface area (Å²) in [6, 6.07) is 21.2. The van der Waals surface area contributed by atoms with Crippen molar-refractivity contribution in [3.63, 3.8) is 0 Å². The van der Waals surface area contributed by atoms with E-state index in [2.05, 4.69) is 14.7 Å². The first-order valence-corrected chi connectivity index (χ1v) is 12.9. The molecule has 0 spiro atoms. The van der Waals surface area contributed by atoms with E-state index in [0.29, 0.717) is 15.8 Å². The van der Waals surface area contributed by atoms with Gasteiger partial charge in [0, 0.05) is 28.9 Å². The lowest BCUT2D eigenvalue weighted by Gasteiger charge is -2.10. The molecule has 172 valence electrons. The molecule has 0 bridgehead atoms. The lowest BCUT2D eigenvalue weighted by molar-refractivity contribution is 0.413. The van der Waals surface area contributed by atoms with E-state index in [9.17, 15) is 8.42 Å². The second-order valence-electron chi connectivity index (χ2n) is 7.04. The van der Waals surface area contributed by atoms with E-state index < -0.39 is 10.0 Å². The number of nitrogens with zero attached hydrogens (tertiary/aromatic N) is 2. The van der Waals surface area contributed by atoms with Crippen molar-refractivity contribution in [1.29, 1.82) is 0 Å². The highest BCUT2D eigenvalue weighted by molar-refractivity contribution is 7.92. The first-order chi connectivity index (χ1) is 16.4. The minimum absolute atomic E-state index is 0.0566. The van der Waals surface area contributed by atoms with Gasteiger partial charge in [0.1, 0.15) is 5.75 Å². The second-order valence-corrected chi connectivity index (χ2v) is 9.97. The molecule has 9 heteroatoms. The maximum Gasteiger partial charge on any atom is 0.262 e. The average molecular weight is 510 g/mol. The van der Waals surface area contributed by atoms with Crippen LogP contribution in [-0.4, -0.2) is 26.7 Å². The van der Waals surface area contributed by atoms with Crippen LogP contribution >= 0.6 is 22.9 Å². The normalized spacial score (nSPS) is 11.8. The van der Waals surface area contributed by atoms with E-state index in [1.807, 2.05) is 47.9 Å². The third-order valence-corrected chi connectivity index (χ3v) is 7.16. The minimum Gasteiger partial charge on any atom is -0.495 e. The van der Waals surface area contributed by atoms with Crippen LogP contribution in [0.3, 0.4) is 0 Å². The lowest BCUT2D eigenvalue weighted by atomic mass is 10.1. The van der Waals surface area contributed by atoms with Crippen LogP contribution in [0, 0.1) is 0 Å². The number of anilines is 1. The van der Waals surface area contributed by atoms with Gasteiger partial charge in [0.05, 0.1) is 22.7 Å². The van der Waals surface area contributed by atoms with Crippen molar-refractivity contribution >= 4 is 56.1 Å². The van der Waals surface area contributed by atoms with Crippen LogP contribution in [0.25, 0.3) is 17.3 Å². The van der Waals surface area contributed by atoms with Gasteiger partial charge in [0.2, 0.25) is 5.13 Å². The van der Waals surface area contributed by atoms with Gasteiger partial charge in [-0.05, 0) is 35.9 Å². The predicted octanol–water partition coefficient (Wildman–Crippen LogP) is 6.69. The van der Waals surface area contributed by atoms with Crippen molar-refractivity contribution in [3.8, 4) is 17.0 Å². The molecule has 0 unspecified atom stereocenters. The van der Waals surface area contributed by atoms with Gasteiger partial charge in [-0.2, -0.15) is 0 Å². The molecule has 0 aliphatic heterocycles. The van der Waals surface area contributed by atoms with Gasteiger partial charge in [0.15, 0.2) is 0 Å². The molecule has 0 atom stereocenters. The summed E-state index contributed by atoms with van der Waals surface area (Å²) in [5, 5.41) is 2.88. The first-order valence-electron chi connectivity index (χ1n) is 10.1. The van der Waals surface area contributed by atoms with Gasteiger partial charge in [-0.1, -0.05) is 60.1 Å². The van der Waals surface area contributed by atoms with E-state index >= 15 is 0 Å². The number of thiazole rings is 1. The van der Waals surface area contributed by atoms with Gasteiger partial charge in [-0.25, -0.2) is 18.4 Å². The highest BCUT2D eigenvalue weighted by atomic mass is 35.5. The molecule has 4 aromatic rings. The molecule has 1 heterocycles. The van der Waals surface area contributed by atoms with Crippen LogP contribution in [0.2, 0.25) is 5.02 Å². The van der Waals surface area contributed by atoms with Crippen molar-refractivity contribution in [2.75, 3.05) is 11.8 Å². The Kier molecular flexibility index (Phi) is 7.42. The fourth-order valence-electron chi connectivity index (χ4n) is 3.01. The largest absolute Gasteiger partial charge is 0.495 e. The smallest absolute Gasteiger partial charge is 0.262 e. The summed E-state index contributed by atoms with van der Waals surface area (Å²) >= 11 is 7.42. The molecule has 0 radical (unpaired) electrons. The molecule has 3 aromatic carbocycles. The van der Waals surface area contributed by atoms with Gasteiger partial charge in [-0.3, -0.25) is 4.72 Å². The zero-order valence-corrected chi connectivity index (χ0v) is 20.4. The van der Waals surface area contributed by atoms with Crippen molar-refractivity contribution < 1.29 is 13.2 Å². The van der Waals surface area contributed by atoms with Crippen LogP contribution in [0.1, 0.15) is 5.56 Å². The Labute approximate surface area is 207 Å². The molecular weight excluding hydrogens is 490 g/mol. The van der Waals surface area contributed by atoms with E-state index in [0.717, 1.165) is 16.8 Å². The number of halogens is 1. The van der Waals surface area contributed by atoms with Crippen LogP contribution in [0.15, 0.2) is 94.1 Å². The summed E-state index contributed by atoms with van der Waals surface area (Å²) in [6.45, 7) is 0. The summed E-state index contributed by atoms with van der Waals surface area (Å²) in [7, 11) is -2.37. The Balaban J connectivity index is 1.42. The Hall–Kier alpha value is -3.46. The number of hydrogen-bond acceptors (Lipinski definition) is 6. The Morgan fingerprint density at radius 3 is 2.56 bits per heavy atom. The molecule has 1 aromatic heterocycles. The van der Waals surface area contributed by atoms with Crippen LogP contribution in [-0.2, 0) is 10.0 Å². The average Bonchev–Trinajstić information content (AvgIpc) is 3.32. The predicted molar refractivity (Wildman–Crippen MR) is 140 cm³/mol. The van der Waals surface area contributed by atoms with E-state index in [-0.39, 0.29) is 10.6 Å². The highest BCUT2D eigenvalue weighted by Gasteiger charge is 2.16. The molecule has 0 amide bonds. The second kappa shape index (κ2) is 10.6. The highest BCUT2D eigenvalue weighted by Crippen LogP contribution is 2.30. The zero-order chi connectivity index (χ0) is 24.0. The Morgan fingerprint density at radius 1 is 1.06 bits per heavy atom. The number of benzene rings is 3. The van der Waals surface area contributed by atoms with E-state index in [1.54, 1.807) is 30.5 Å². The molecule has 0 fully saturated rings. The topological polar surface area (TPSA) is 80.7 Å². The third-order valence-electron chi connectivity index (χ3n) is 4.72. The van der Waals surface area contributed by atoms with Crippen molar-refractivity contribution in [1.82, 2.24) is 4.98 Å². The number of allylic oxidation sites excluding steroid dienone is 1. The fraction of sp³-hybridized carbons (Fsp3) is 0.0400. The van der Waals surface area contributed by atoms with Crippen LogP contribution < -0.4 is 9.46 Å². The number of methoxy groups -OCH3 is 1. The van der Waals surface area contributed by atoms with E-state index in [4.69, 9.17) is 16.3 Å². The number of rotatable bonds is 8. The standard InChI is InChI=1S/C25H20ClN3O3S2/c1-32-24-16-21(13-14-22(24)26)34(30,31)29-20-11-9-19(10-12-20)23-17-33-25(28-23)27-15-5-8-18-6-3-2-4-7-18/h2-17,29H,1H3/b8-5+,27-15?. The van der Waals surface area contributed by atoms with Crippen molar-refractivity contribution in [2.24, 2.45) is 4.99 Å². The molecular formula is C25H20ClN3O3S2. The summed E-state index contributed by atoms with van der Waals surface area (Å²) in [6.07, 6.45) is 5.55. The summed E-state index contributed by atoms with van der Waals surface area (Å²) in [5.74, 6) is 0.289.